The van der Waals surface area contributed by atoms with Crippen LogP contribution >= 0.6 is 15.6 Å². The van der Waals surface area contributed by atoms with Crippen LogP contribution in [0.15, 0.2) is 128 Å². The fourth-order valence-electron chi connectivity index (χ4n) is 15.0. The molecule has 0 saturated carbocycles. The zero-order chi connectivity index (χ0) is 95.1. The van der Waals surface area contributed by atoms with Crippen LogP contribution in [-0.2, 0) is 93.7 Å². The van der Waals surface area contributed by atoms with E-state index in [9.17, 15) is 105 Å². The number of aliphatic hydroxyl groups is 12. The number of carboxylic acid groups (broad SMARTS) is 2. The van der Waals surface area contributed by atoms with Gasteiger partial charge in [-0.05, 0) is 218 Å². The normalized spacial score (nSPS) is 34.2. The fourth-order valence-corrected chi connectivity index (χ4v) is 17.2. The van der Waals surface area contributed by atoms with Gasteiger partial charge in [-0.1, -0.05) is 128 Å². The van der Waals surface area contributed by atoms with E-state index in [-0.39, 0.29) is 0 Å². The number of allylic oxidation sites excluding steroid dienone is 21. The molecule has 0 aliphatic carbocycles. The standard InChI is InChI=1S/C90H144O36P2/c1-15-51(2)26-16-27-52(3)28-17-29-53(4)30-18-31-54(5)32-19-33-55(6)34-20-35-56(7)36-21-37-57(8)38-22-39-58(9)40-23-41-59(10)42-24-43-60(11)44-25-45-61(12)48-114-127(108,109)126-128(110,111)125-87-75(102)70(97)77(64(47-92)116-87)119-86-76(103)79(68(95)63(46-91)115-86)120-88-81(69(96)67(94)65(117-88)49-112-62(13)93)122-85-74(101)72(99)80(82(123-85)83(104)105)121-84-73(100)71(98)78-66(118-84)50-113-90(14,124-78)89(106)107/h15,27,29,31,33,35,37,39,41,43,45,63-82,84-88,91-92,94-103H,16-26,28,30,32,34,36,38,40,42,44,46-50H2,1-14H3,(H,104,105)(H,106,107)(H,108,109)(H,110,111)/p-4/b51-15-,52-27-,53-29-,54-31-,55-33-,56-35-,57-37-,58-39-,59-41+,60-43+,61-45+/t63-,64-,65-,66-,67-,68-,69+,70-,71-,72-,73+,74-,75-,76-,77-,78-,79+,80+,81+,82+,84+,85-,86+,87-,88-,90?/m1/s1. The Balaban J connectivity index is 0.909. The summed E-state index contributed by atoms with van der Waals surface area (Å²) in [5.41, 5.74) is 14.3. The molecule has 6 saturated heterocycles. The molecule has 12 N–H and O–H groups in total. The number of rotatable bonds is 51. The first kappa shape index (κ1) is 112. The van der Waals surface area contributed by atoms with Crippen LogP contribution in [0, 0.1) is 0 Å². The van der Waals surface area contributed by atoms with Crippen LogP contribution in [0.4, 0.5) is 0 Å². The quantitative estimate of drug-likeness (QED) is 0.0213. The average molecular weight is 1860 g/mol. The van der Waals surface area contributed by atoms with E-state index in [2.05, 4.69) is 134 Å². The number of carbonyl (C=O) groups is 3. The maximum Gasteiger partial charge on any atom is 0.302 e. The third-order valence-corrected chi connectivity index (χ3v) is 25.8. The molecule has 3 unspecified atom stereocenters. The highest BCUT2D eigenvalue weighted by Crippen LogP contribution is 2.57. The monoisotopic (exact) mass is 1860 g/mol. The van der Waals surface area contributed by atoms with E-state index in [1.165, 1.54) is 57.1 Å². The van der Waals surface area contributed by atoms with Crippen molar-refractivity contribution in [1.29, 1.82) is 0 Å². The number of esters is 1. The molecule has 128 heavy (non-hydrogen) atoms. The highest BCUT2D eigenvalue weighted by molar-refractivity contribution is 7.59. The number of fused-ring (bicyclic) bond motifs is 1. The van der Waals surface area contributed by atoms with Crippen molar-refractivity contribution in [2.75, 3.05) is 33.0 Å². The summed E-state index contributed by atoms with van der Waals surface area (Å²) in [6, 6.07) is 0. The van der Waals surface area contributed by atoms with Crippen LogP contribution in [0.25, 0.3) is 0 Å². The minimum Gasteiger partial charge on any atom is -0.756 e. The molecule has 730 valence electrons. The summed E-state index contributed by atoms with van der Waals surface area (Å²) in [5.74, 6) is -7.43. The predicted molar refractivity (Wildman–Crippen MR) is 456 cm³/mol. The van der Waals surface area contributed by atoms with E-state index in [0.717, 1.165) is 135 Å². The second-order valence-corrected chi connectivity index (χ2v) is 37.3. The molecule has 6 aliphatic rings. The molecule has 0 aromatic rings. The van der Waals surface area contributed by atoms with Gasteiger partial charge in [0.1, 0.15) is 135 Å². The number of hydrogen-bond donors (Lipinski definition) is 12. The van der Waals surface area contributed by atoms with Crippen LogP contribution in [0.1, 0.15) is 225 Å². The van der Waals surface area contributed by atoms with Crippen molar-refractivity contribution in [3.05, 3.63) is 128 Å². The minimum atomic E-state index is -6.16. The lowest BCUT2D eigenvalue weighted by Crippen LogP contribution is -2.70. The summed E-state index contributed by atoms with van der Waals surface area (Å²) in [7, 11) is -12.0. The number of aliphatic hydroxyl groups excluding tert-OH is 12. The van der Waals surface area contributed by atoms with Gasteiger partial charge in [0.25, 0.3) is 15.6 Å². The number of carbonyl (C=O) groups excluding carboxylic acids is 3. The van der Waals surface area contributed by atoms with Gasteiger partial charge in [0, 0.05) is 6.92 Å². The topological polar surface area (TPSA) is 559 Å². The molecule has 0 spiro atoms. The van der Waals surface area contributed by atoms with Crippen molar-refractivity contribution < 1.29 is 175 Å². The van der Waals surface area contributed by atoms with Gasteiger partial charge in [0.15, 0.2) is 31.5 Å². The van der Waals surface area contributed by atoms with Crippen molar-refractivity contribution >= 4 is 33.6 Å². The van der Waals surface area contributed by atoms with E-state index in [4.69, 9.17) is 65.9 Å². The van der Waals surface area contributed by atoms with Crippen LogP contribution < -0.4 is 20.0 Å². The number of carboxylic acids is 2. The molecule has 28 atom stereocenters. The van der Waals surface area contributed by atoms with Crippen molar-refractivity contribution in [1.82, 2.24) is 0 Å². The van der Waals surface area contributed by atoms with Gasteiger partial charge in [-0.15, -0.1) is 0 Å². The van der Waals surface area contributed by atoms with Gasteiger partial charge < -0.3 is 152 Å². The molecule has 0 radical (unpaired) electrons. The van der Waals surface area contributed by atoms with Gasteiger partial charge in [0.2, 0.25) is 5.79 Å². The molecule has 0 bridgehead atoms. The summed E-state index contributed by atoms with van der Waals surface area (Å²) < 4.78 is 106. The smallest absolute Gasteiger partial charge is 0.302 e. The van der Waals surface area contributed by atoms with E-state index in [0.29, 0.717) is 18.4 Å². The molecule has 38 heteroatoms. The Labute approximate surface area is 751 Å². The largest absolute Gasteiger partial charge is 0.756 e. The van der Waals surface area contributed by atoms with Gasteiger partial charge >= 0.3 is 5.97 Å². The van der Waals surface area contributed by atoms with Gasteiger partial charge in [-0.2, -0.15) is 0 Å². The first-order chi connectivity index (χ1) is 60.3. The minimum absolute atomic E-state index is 0.379. The second kappa shape index (κ2) is 54.4. The lowest BCUT2D eigenvalue weighted by atomic mass is 9.95. The van der Waals surface area contributed by atoms with E-state index in [1.807, 2.05) is 6.92 Å². The Morgan fingerprint density at radius 2 is 0.758 bits per heavy atom. The zero-order valence-corrected chi connectivity index (χ0v) is 77.8. The highest BCUT2D eigenvalue weighted by atomic mass is 31.3. The van der Waals surface area contributed by atoms with Crippen LogP contribution in [0.5, 0.6) is 0 Å². The first-order valence-corrected chi connectivity index (χ1v) is 46.9. The molecule has 6 rings (SSSR count). The third-order valence-electron chi connectivity index (χ3n) is 23.3. The summed E-state index contributed by atoms with van der Waals surface area (Å²) in [4.78, 5) is 62.3. The summed E-state index contributed by atoms with van der Waals surface area (Å²) in [6.45, 7) is 22.9. The number of phosphoric ester groups is 2. The fraction of sp³-hybridized carbons (Fsp3) is 0.722. The Hall–Kier alpha value is -5.11. The third kappa shape index (κ3) is 35.9. The van der Waals surface area contributed by atoms with Crippen LogP contribution in [-0.4, -0.2) is 272 Å². The second-order valence-electron chi connectivity index (χ2n) is 34.4. The average Bonchev–Trinajstić information content (AvgIpc) is 0.773. The van der Waals surface area contributed by atoms with Crippen molar-refractivity contribution in [3.63, 3.8) is 0 Å². The summed E-state index contributed by atoms with van der Waals surface area (Å²) in [6.07, 6.45) is -10.5. The zero-order valence-electron chi connectivity index (χ0n) is 76.0. The van der Waals surface area contributed by atoms with Crippen molar-refractivity contribution in [3.8, 4) is 0 Å². The summed E-state index contributed by atoms with van der Waals surface area (Å²) in [5, 5.41) is 159. The Kier molecular flexibility index (Phi) is 47.5. The lowest BCUT2D eigenvalue weighted by Gasteiger charge is -2.51. The SMILES string of the molecule is C/C=C(/C)CC/C=C(/C)CC/C=C(/C)CC/C=C(/C)CC/C=C(/C)CC/C=C(/C)CC/C=C(/C)CC/C=C(/C)CC/C=C(\C)CC/C=C(\C)CC/C=C(\C)COP(=O)([O-])OP(=O)([O-])O[C@H]1O[C@H](CO)[C@@H](O[C@@H]2O[C@H](CO)[C@@H](O)[C@H](O[C@H]3O[C@H](COC(C)=O)[C@@H](O)[C@H](O)[C@@H]3O[C@@H]3O[C@H](C(=O)[O-])[C@@H](O[C@@H]4O[C@@H]5COC(C)(C(=O)[O-])O[C@H]5[C@H](O)[C@@H]4O)[C@H](O)[C@H]3O)[C@H]2O)[C@H](O)[C@H]1O. The molecule has 0 aromatic carbocycles. The molecule has 6 fully saturated rings. The van der Waals surface area contributed by atoms with Gasteiger partial charge in [0.05, 0.1) is 32.4 Å². The van der Waals surface area contributed by atoms with Crippen LogP contribution in [0.2, 0.25) is 0 Å². The molecule has 36 nitrogen and oxygen atoms in total. The van der Waals surface area contributed by atoms with E-state index < -0.39 is 226 Å². The van der Waals surface area contributed by atoms with E-state index in [1.54, 1.807) is 6.08 Å². The number of ether oxygens (including phenoxy) is 12. The highest BCUT2D eigenvalue weighted by Gasteiger charge is 2.59. The maximum absolute atomic E-state index is 13.1. The van der Waals surface area contributed by atoms with E-state index >= 15 is 0 Å². The Bertz CT molecular complexity index is 3960. The molecule has 0 aromatic heterocycles. The summed E-state index contributed by atoms with van der Waals surface area (Å²) >= 11 is 0. The maximum atomic E-state index is 13.1. The molecule has 0 amide bonds. The van der Waals surface area contributed by atoms with Crippen LogP contribution in [0.3, 0.4) is 0 Å². The van der Waals surface area contributed by atoms with Gasteiger partial charge in [-0.3, -0.25) is 18.4 Å². The van der Waals surface area contributed by atoms with Crippen molar-refractivity contribution in [2.24, 2.45) is 0 Å². The molecular weight excluding hydrogens is 1720 g/mol. The Morgan fingerprint density at radius 1 is 0.398 bits per heavy atom. The lowest BCUT2D eigenvalue weighted by molar-refractivity contribution is -0.421. The predicted octanol–water partition coefficient (Wildman–Crippen LogP) is 5.16. The number of phosphoric acid groups is 2. The molecule has 6 heterocycles. The van der Waals surface area contributed by atoms with Gasteiger partial charge in [-0.25, -0.2) is 4.31 Å². The van der Waals surface area contributed by atoms with Crippen molar-refractivity contribution in [2.45, 2.75) is 385 Å². The number of hydrogen-bond acceptors (Lipinski definition) is 36. The molecular formula is C90H140O36P2-4. The molecule has 6 aliphatic heterocycles. The Morgan fingerprint density at radius 3 is 1.18 bits per heavy atom. The number of aliphatic carboxylic acids is 2. The first-order valence-electron chi connectivity index (χ1n) is 44.0.